The van der Waals surface area contributed by atoms with Crippen LogP contribution in [0, 0.1) is 11.8 Å². The van der Waals surface area contributed by atoms with E-state index in [0.29, 0.717) is 6.61 Å². The molecule has 116 valence electrons. The van der Waals surface area contributed by atoms with Gasteiger partial charge >= 0.3 is 6.03 Å². The number of carbonyl (C=O) groups is 2. The molecule has 3 aliphatic heterocycles. The number of benzene rings is 1. The molecule has 4 atom stereocenters. The van der Waals surface area contributed by atoms with Gasteiger partial charge in [-0.3, -0.25) is 10.1 Å². The van der Waals surface area contributed by atoms with E-state index in [1.807, 2.05) is 38.1 Å². The van der Waals surface area contributed by atoms with Crippen molar-refractivity contribution in [2.75, 3.05) is 6.61 Å². The van der Waals surface area contributed by atoms with Gasteiger partial charge in [-0.05, 0) is 25.5 Å². The minimum absolute atomic E-state index is 0.0423. The van der Waals surface area contributed by atoms with Gasteiger partial charge in [0, 0.05) is 11.8 Å². The molecule has 4 rings (SSSR count). The molecule has 0 aromatic heterocycles. The van der Waals surface area contributed by atoms with Crippen molar-refractivity contribution in [3.05, 3.63) is 29.8 Å². The standard InChI is InChI=1S/C16H18N2O4/c1-16(2)9-7-21-10-6-4-3-5-8(10)11(9)12-13(19)17-15(20)18-14(12)22-16/h3-6,9,11-12,14H,7H2,1-2H3,(H2,17,18,19,20)/t9-,11+,12+,14-/m0/s1. The van der Waals surface area contributed by atoms with E-state index in [-0.39, 0.29) is 17.7 Å². The number of ether oxygens (including phenoxy) is 2. The van der Waals surface area contributed by atoms with Crippen LogP contribution >= 0.6 is 0 Å². The zero-order valence-electron chi connectivity index (χ0n) is 12.5. The lowest BCUT2D eigenvalue weighted by atomic mass is 9.66. The lowest BCUT2D eigenvalue weighted by Gasteiger charge is -2.53. The van der Waals surface area contributed by atoms with Crippen molar-refractivity contribution in [2.24, 2.45) is 11.8 Å². The Hall–Kier alpha value is -2.08. The molecule has 0 bridgehead atoms. The molecular weight excluding hydrogens is 284 g/mol. The molecule has 0 radical (unpaired) electrons. The zero-order valence-corrected chi connectivity index (χ0v) is 12.5. The highest BCUT2D eigenvalue weighted by Crippen LogP contribution is 2.51. The van der Waals surface area contributed by atoms with E-state index < -0.39 is 23.8 Å². The SMILES string of the molecule is CC1(C)O[C@@H]2NC(=O)NC(=O)[C@H]2[C@@H]2c3ccccc3OC[C@@H]21. The van der Waals surface area contributed by atoms with Crippen LogP contribution in [0.4, 0.5) is 4.79 Å². The number of fused-ring (bicyclic) bond motifs is 5. The summed E-state index contributed by atoms with van der Waals surface area (Å²) in [5.74, 6) is 0.0883. The van der Waals surface area contributed by atoms with Crippen LogP contribution in [0.25, 0.3) is 0 Å². The highest BCUT2D eigenvalue weighted by Gasteiger charge is 2.57. The number of imide groups is 1. The molecule has 0 aliphatic carbocycles. The van der Waals surface area contributed by atoms with Crippen molar-refractivity contribution in [3.8, 4) is 5.75 Å². The third-order valence-corrected chi connectivity index (χ3v) is 4.98. The van der Waals surface area contributed by atoms with E-state index in [1.54, 1.807) is 0 Å². The number of hydrogen-bond donors (Lipinski definition) is 2. The number of nitrogens with one attached hydrogen (secondary N) is 2. The molecule has 0 spiro atoms. The van der Waals surface area contributed by atoms with Crippen LogP contribution < -0.4 is 15.4 Å². The Morgan fingerprint density at radius 2 is 1.95 bits per heavy atom. The maximum atomic E-state index is 12.4. The van der Waals surface area contributed by atoms with Gasteiger partial charge in [0.25, 0.3) is 0 Å². The summed E-state index contributed by atoms with van der Waals surface area (Å²) in [5, 5.41) is 5.09. The summed E-state index contributed by atoms with van der Waals surface area (Å²) in [7, 11) is 0. The molecule has 1 aromatic rings. The fourth-order valence-corrected chi connectivity index (χ4v) is 3.92. The maximum absolute atomic E-state index is 12.4. The summed E-state index contributed by atoms with van der Waals surface area (Å²) < 4.78 is 11.9. The van der Waals surface area contributed by atoms with Gasteiger partial charge in [-0.15, -0.1) is 0 Å². The third kappa shape index (κ3) is 1.83. The molecule has 1 aromatic carbocycles. The molecule has 3 aliphatic rings. The first-order valence-corrected chi connectivity index (χ1v) is 7.48. The van der Waals surface area contributed by atoms with Crippen LogP contribution in [0.1, 0.15) is 25.3 Å². The second-order valence-corrected chi connectivity index (χ2v) is 6.61. The molecule has 2 saturated heterocycles. The number of hydrogen-bond acceptors (Lipinski definition) is 4. The second-order valence-electron chi connectivity index (χ2n) is 6.61. The molecule has 22 heavy (non-hydrogen) atoms. The van der Waals surface area contributed by atoms with E-state index in [2.05, 4.69) is 10.6 Å². The van der Waals surface area contributed by atoms with E-state index in [1.165, 1.54) is 0 Å². The predicted octanol–water partition coefficient (Wildman–Crippen LogP) is 1.37. The number of urea groups is 1. The molecular formula is C16H18N2O4. The monoisotopic (exact) mass is 302 g/mol. The van der Waals surface area contributed by atoms with Gasteiger partial charge in [-0.1, -0.05) is 18.2 Å². The minimum atomic E-state index is -0.608. The summed E-state index contributed by atoms with van der Waals surface area (Å²) in [6, 6.07) is 7.28. The normalized spacial score (nSPS) is 35.2. The van der Waals surface area contributed by atoms with E-state index >= 15 is 0 Å². The molecule has 0 unspecified atom stereocenters. The summed E-state index contributed by atoms with van der Waals surface area (Å²) in [6.45, 7) is 4.47. The molecule has 0 saturated carbocycles. The van der Waals surface area contributed by atoms with E-state index in [9.17, 15) is 9.59 Å². The van der Waals surface area contributed by atoms with Gasteiger partial charge < -0.3 is 14.8 Å². The average Bonchev–Trinajstić information content (AvgIpc) is 2.45. The average molecular weight is 302 g/mol. The smallest absolute Gasteiger partial charge is 0.323 e. The maximum Gasteiger partial charge on any atom is 0.323 e. The highest BCUT2D eigenvalue weighted by molar-refractivity contribution is 5.99. The van der Waals surface area contributed by atoms with Crippen LogP contribution in [0.5, 0.6) is 5.75 Å². The van der Waals surface area contributed by atoms with Crippen molar-refractivity contribution in [2.45, 2.75) is 31.6 Å². The van der Waals surface area contributed by atoms with Crippen LogP contribution in [-0.4, -0.2) is 30.4 Å². The second kappa shape index (κ2) is 4.46. The molecule has 6 heteroatoms. The Balaban J connectivity index is 1.84. The lowest BCUT2D eigenvalue weighted by Crippen LogP contribution is -2.68. The van der Waals surface area contributed by atoms with Crippen LogP contribution in [0.15, 0.2) is 24.3 Å². The van der Waals surface area contributed by atoms with Crippen molar-refractivity contribution in [1.29, 1.82) is 0 Å². The molecule has 2 N–H and O–H groups in total. The van der Waals surface area contributed by atoms with E-state index in [4.69, 9.17) is 9.47 Å². The lowest BCUT2D eigenvalue weighted by molar-refractivity contribution is -0.200. The fraction of sp³-hybridized carbons (Fsp3) is 0.500. The zero-order chi connectivity index (χ0) is 15.5. The van der Waals surface area contributed by atoms with Gasteiger partial charge in [0.1, 0.15) is 12.0 Å². The van der Waals surface area contributed by atoms with Gasteiger partial charge in [0.05, 0.1) is 18.1 Å². The van der Waals surface area contributed by atoms with Gasteiger partial charge in [0.2, 0.25) is 5.91 Å². The van der Waals surface area contributed by atoms with Crippen LogP contribution in [-0.2, 0) is 9.53 Å². The molecule has 2 fully saturated rings. The summed E-state index contributed by atoms with van der Waals surface area (Å²) in [4.78, 5) is 24.0. The van der Waals surface area contributed by atoms with Gasteiger partial charge in [0.15, 0.2) is 0 Å². The minimum Gasteiger partial charge on any atom is -0.493 e. The molecule has 3 heterocycles. The van der Waals surface area contributed by atoms with Gasteiger partial charge in [-0.2, -0.15) is 0 Å². The summed E-state index contributed by atoms with van der Waals surface area (Å²) in [6.07, 6.45) is -0.608. The van der Waals surface area contributed by atoms with Crippen molar-refractivity contribution < 1.29 is 19.1 Å². The Kier molecular flexibility index (Phi) is 2.75. The number of carbonyl (C=O) groups excluding carboxylic acids is 2. The van der Waals surface area contributed by atoms with Gasteiger partial charge in [-0.25, -0.2) is 4.79 Å². The molecule has 6 nitrogen and oxygen atoms in total. The quantitative estimate of drug-likeness (QED) is 0.759. The van der Waals surface area contributed by atoms with Crippen molar-refractivity contribution in [3.63, 3.8) is 0 Å². The summed E-state index contributed by atoms with van der Waals surface area (Å²) in [5.41, 5.74) is 0.515. The topological polar surface area (TPSA) is 76.7 Å². The highest BCUT2D eigenvalue weighted by atomic mass is 16.5. The summed E-state index contributed by atoms with van der Waals surface area (Å²) >= 11 is 0. The first kappa shape index (κ1) is 13.6. The number of amides is 3. The first-order chi connectivity index (χ1) is 10.5. The van der Waals surface area contributed by atoms with E-state index in [0.717, 1.165) is 11.3 Å². The van der Waals surface area contributed by atoms with Crippen molar-refractivity contribution >= 4 is 11.9 Å². The Bertz CT molecular complexity index is 657. The number of para-hydroxylation sites is 1. The largest absolute Gasteiger partial charge is 0.493 e. The third-order valence-electron chi connectivity index (χ3n) is 4.98. The Morgan fingerprint density at radius 3 is 2.77 bits per heavy atom. The fourth-order valence-electron chi connectivity index (χ4n) is 3.92. The number of rotatable bonds is 0. The van der Waals surface area contributed by atoms with Crippen LogP contribution in [0.3, 0.4) is 0 Å². The van der Waals surface area contributed by atoms with Crippen molar-refractivity contribution in [1.82, 2.24) is 10.6 Å². The Morgan fingerprint density at radius 1 is 1.18 bits per heavy atom. The molecule has 3 amide bonds. The Labute approximate surface area is 128 Å². The first-order valence-electron chi connectivity index (χ1n) is 7.48. The predicted molar refractivity (Wildman–Crippen MR) is 77.3 cm³/mol. The van der Waals surface area contributed by atoms with Crippen LogP contribution in [0.2, 0.25) is 0 Å².